The van der Waals surface area contributed by atoms with E-state index in [1.807, 2.05) is 13.1 Å². The first kappa shape index (κ1) is 13.6. The zero-order valence-electron chi connectivity index (χ0n) is 10.5. The Bertz CT molecular complexity index is 576. The summed E-state index contributed by atoms with van der Waals surface area (Å²) in [6.07, 6.45) is 5.19. The lowest BCUT2D eigenvalue weighted by molar-refractivity contribution is 0.0947. The van der Waals surface area contributed by atoms with Gasteiger partial charge in [-0.25, -0.2) is 0 Å². The summed E-state index contributed by atoms with van der Waals surface area (Å²) in [5, 5.41) is 11.0. The van der Waals surface area contributed by atoms with Crippen LogP contribution in [0.1, 0.15) is 17.4 Å². The molecule has 102 valence electrons. The highest BCUT2D eigenvalue weighted by Gasteiger charge is 2.13. The van der Waals surface area contributed by atoms with Crippen molar-refractivity contribution in [1.82, 2.24) is 24.9 Å². The predicted octanol–water partition coefficient (Wildman–Crippen LogP) is 0.874. The first-order valence-corrected chi connectivity index (χ1v) is 6.68. The van der Waals surface area contributed by atoms with E-state index < -0.39 is 0 Å². The van der Waals surface area contributed by atoms with Crippen molar-refractivity contribution in [3.8, 4) is 0 Å². The number of aromatic nitrogens is 4. The Hall–Kier alpha value is -1.83. The van der Waals surface area contributed by atoms with Crippen LogP contribution in [0, 0.1) is 0 Å². The molecule has 0 aliphatic heterocycles. The Balaban J connectivity index is 1.88. The molecular weight excluding hydrogens is 312 g/mol. The molecule has 0 atom stereocenters. The van der Waals surface area contributed by atoms with Gasteiger partial charge in [0.1, 0.15) is 0 Å². The van der Waals surface area contributed by atoms with Crippen molar-refractivity contribution in [2.24, 2.45) is 0 Å². The molecule has 0 spiro atoms. The first-order valence-electron chi connectivity index (χ1n) is 5.89. The standard InChI is InChI=1S/C11H15BrN6O/c1-2-17-7-9(13)10(16-17)11(19)14-3-4-18-6-8(12)5-15-18/h5-7H,2-4,13H2,1H3,(H,14,19). The summed E-state index contributed by atoms with van der Waals surface area (Å²) < 4.78 is 4.28. The van der Waals surface area contributed by atoms with Crippen LogP contribution in [0.2, 0.25) is 0 Å². The van der Waals surface area contributed by atoms with Crippen LogP contribution >= 0.6 is 15.9 Å². The van der Waals surface area contributed by atoms with Crippen LogP contribution in [0.15, 0.2) is 23.1 Å². The van der Waals surface area contributed by atoms with Crippen molar-refractivity contribution in [2.75, 3.05) is 12.3 Å². The lowest BCUT2D eigenvalue weighted by atomic mass is 10.3. The number of anilines is 1. The molecule has 1 amide bonds. The molecule has 0 aromatic carbocycles. The van der Waals surface area contributed by atoms with Crippen LogP contribution < -0.4 is 11.1 Å². The number of hydrogen-bond donors (Lipinski definition) is 2. The molecule has 8 heteroatoms. The normalized spacial score (nSPS) is 10.6. The van der Waals surface area contributed by atoms with Gasteiger partial charge >= 0.3 is 0 Å². The SMILES string of the molecule is CCn1cc(N)c(C(=O)NCCn2cc(Br)cn2)n1. The fourth-order valence-corrected chi connectivity index (χ4v) is 1.93. The summed E-state index contributed by atoms with van der Waals surface area (Å²) in [6, 6.07) is 0. The average Bonchev–Trinajstić information content (AvgIpc) is 2.95. The molecule has 0 bridgehead atoms. The number of carbonyl (C=O) groups excluding carboxylic acids is 1. The number of nitrogen functional groups attached to an aromatic ring is 1. The molecule has 2 aromatic heterocycles. The predicted molar refractivity (Wildman–Crippen MR) is 74.6 cm³/mol. The monoisotopic (exact) mass is 326 g/mol. The van der Waals surface area contributed by atoms with Crippen molar-refractivity contribution in [2.45, 2.75) is 20.0 Å². The van der Waals surface area contributed by atoms with E-state index in [-0.39, 0.29) is 11.6 Å². The van der Waals surface area contributed by atoms with Crippen LogP contribution in [0.4, 0.5) is 5.69 Å². The minimum Gasteiger partial charge on any atom is -0.396 e. The van der Waals surface area contributed by atoms with E-state index in [0.29, 0.717) is 25.3 Å². The van der Waals surface area contributed by atoms with Gasteiger partial charge in [-0.1, -0.05) is 0 Å². The lowest BCUT2D eigenvalue weighted by Gasteiger charge is -2.04. The number of nitrogens with one attached hydrogen (secondary N) is 1. The Kier molecular flexibility index (Phi) is 4.20. The van der Waals surface area contributed by atoms with Crippen molar-refractivity contribution in [1.29, 1.82) is 0 Å². The van der Waals surface area contributed by atoms with E-state index in [0.717, 1.165) is 4.47 Å². The average molecular weight is 327 g/mol. The minimum atomic E-state index is -0.268. The van der Waals surface area contributed by atoms with Crippen LogP contribution in [0.3, 0.4) is 0 Å². The zero-order valence-corrected chi connectivity index (χ0v) is 12.1. The molecule has 0 aliphatic rings. The van der Waals surface area contributed by atoms with Gasteiger partial charge in [-0.05, 0) is 22.9 Å². The molecule has 3 N–H and O–H groups in total. The van der Waals surface area contributed by atoms with E-state index in [9.17, 15) is 4.79 Å². The third kappa shape index (κ3) is 3.34. The Morgan fingerprint density at radius 3 is 2.84 bits per heavy atom. The molecule has 2 heterocycles. The smallest absolute Gasteiger partial charge is 0.274 e. The maximum Gasteiger partial charge on any atom is 0.274 e. The lowest BCUT2D eigenvalue weighted by Crippen LogP contribution is -2.28. The third-order valence-corrected chi connectivity index (χ3v) is 2.97. The highest BCUT2D eigenvalue weighted by molar-refractivity contribution is 9.10. The van der Waals surface area contributed by atoms with E-state index in [1.54, 1.807) is 21.8 Å². The third-order valence-electron chi connectivity index (χ3n) is 2.56. The fourth-order valence-electron chi connectivity index (χ4n) is 1.60. The van der Waals surface area contributed by atoms with Crippen LogP contribution in [0.25, 0.3) is 0 Å². The first-order chi connectivity index (χ1) is 9.10. The minimum absolute atomic E-state index is 0.267. The molecule has 2 aromatic rings. The number of amides is 1. The van der Waals surface area contributed by atoms with E-state index in [2.05, 4.69) is 31.4 Å². The quantitative estimate of drug-likeness (QED) is 0.853. The number of hydrogen-bond acceptors (Lipinski definition) is 4. The van der Waals surface area contributed by atoms with E-state index in [1.165, 1.54) is 0 Å². The number of aryl methyl sites for hydroxylation is 1. The Morgan fingerprint density at radius 1 is 1.47 bits per heavy atom. The van der Waals surface area contributed by atoms with Gasteiger partial charge in [-0.2, -0.15) is 10.2 Å². The maximum absolute atomic E-state index is 11.9. The Labute approximate surface area is 118 Å². The number of halogens is 1. The van der Waals surface area contributed by atoms with Gasteiger partial charge in [-0.15, -0.1) is 0 Å². The van der Waals surface area contributed by atoms with E-state index in [4.69, 9.17) is 5.73 Å². The van der Waals surface area contributed by atoms with Crippen molar-refractivity contribution in [3.05, 3.63) is 28.8 Å². The van der Waals surface area contributed by atoms with Gasteiger partial charge < -0.3 is 11.1 Å². The fraction of sp³-hybridized carbons (Fsp3) is 0.364. The van der Waals surface area contributed by atoms with Crippen LogP contribution in [-0.4, -0.2) is 32.0 Å². The Morgan fingerprint density at radius 2 is 2.26 bits per heavy atom. The maximum atomic E-state index is 11.9. The van der Waals surface area contributed by atoms with Crippen molar-refractivity contribution < 1.29 is 4.79 Å². The summed E-state index contributed by atoms with van der Waals surface area (Å²) in [5.41, 5.74) is 6.39. The molecule has 0 aliphatic carbocycles. The second kappa shape index (κ2) is 5.87. The summed E-state index contributed by atoms with van der Waals surface area (Å²) in [7, 11) is 0. The molecule has 0 saturated carbocycles. The van der Waals surface area contributed by atoms with Gasteiger partial charge in [0.2, 0.25) is 0 Å². The number of nitrogens with two attached hydrogens (primary N) is 1. The summed E-state index contributed by atoms with van der Waals surface area (Å²) in [4.78, 5) is 11.9. The highest BCUT2D eigenvalue weighted by Crippen LogP contribution is 2.08. The summed E-state index contributed by atoms with van der Waals surface area (Å²) >= 11 is 3.31. The number of rotatable bonds is 5. The largest absolute Gasteiger partial charge is 0.396 e. The molecule has 2 rings (SSSR count). The van der Waals surface area contributed by atoms with Gasteiger partial charge in [-0.3, -0.25) is 14.2 Å². The van der Waals surface area contributed by atoms with Crippen LogP contribution in [0.5, 0.6) is 0 Å². The van der Waals surface area contributed by atoms with Crippen molar-refractivity contribution in [3.63, 3.8) is 0 Å². The van der Waals surface area contributed by atoms with Gasteiger partial charge in [0, 0.05) is 25.5 Å². The second-order valence-electron chi connectivity index (χ2n) is 3.97. The molecule has 19 heavy (non-hydrogen) atoms. The van der Waals surface area contributed by atoms with Crippen LogP contribution in [-0.2, 0) is 13.1 Å². The molecule has 0 radical (unpaired) electrons. The second-order valence-corrected chi connectivity index (χ2v) is 4.88. The summed E-state index contributed by atoms with van der Waals surface area (Å²) in [5.74, 6) is -0.268. The number of nitrogens with zero attached hydrogens (tertiary/aromatic N) is 4. The van der Waals surface area contributed by atoms with E-state index >= 15 is 0 Å². The molecular formula is C11H15BrN6O. The molecule has 0 saturated heterocycles. The molecule has 7 nitrogen and oxygen atoms in total. The van der Waals surface area contributed by atoms with Crippen molar-refractivity contribution >= 4 is 27.5 Å². The number of carbonyl (C=O) groups is 1. The van der Waals surface area contributed by atoms with Gasteiger partial charge in [0.15, 0.2) is 5.69 Å². The topological polar surface area (TPSA) is 90.8 Å². The van der Waals surface area contributed by atoms with Gasteiger partial charge in [0.05, 0.1) is 22.9 Å². The van der Waals surface area contributed by atoms with Gasteiger partial charge in [0.25, 0.3) is 5.91 Å². The molecule has 0 unspecified atom stereocenters. The summed E-state index contributed by atoms with van der Waals surface area (Å²) in [6.45, 7) is 3.67. The highest BCUT2D eigenvalue weighted by atomic mass is 79.9. The molecule has 0 fully saturated rings. The zero-order chi connectivity index (χ0) is 13.8.